The van der Waals surface area contributed by atoms with Crippen LogP contribution in [-0.2, 0) is 0 Å². The van der Waals surface area contributed by atoms with E-state index in [9.17, 15) is 9.90 Å². The molecule has 0 saturated heterocycles. The SMILES string of the molecule is CCNC(=NCCNC(=O)c1ccc(O)cc1)NC(C)CCCN(CC)CC. The maximum Gasteiger partial charge on any atom is 0.251 e. The van der Waals surface area contributed by atoms with E-state index < -0.39 is 0 Å². The normalized spacial score (nSPS) is 12.7. The first-order valence-corrected chi connectivity index (χ1v) is 10.3. The molecule has 4 N–H and O–H groups in total. The average Bonchev–Trinajstić information content (AvgIpc) is 2.69. The summed E-state index contributed by atoms with van der Waals surface area (Å²) in [6.07, 6.45) is 2.23. The number of amides is 1. The van der Waals surface area contributed by atoms with Gasteiger partial charge in [-0.1, -0.05) is 13.8 Å². The van der Waals surface area contributed by atoms with Crippen LogP contribution >= 0.6 is 0 Å². The first-order chi connectivity index (χ1) is 13.5. The minimum Gasteiger partial charge on any atom is -0.508 e. The van der Waals surface area contributed by atoms with E-state index in [-0.39, 0.29) is 11.7 Å². The van der Waals surface area contributed by atoms with Crippen LogP contribution < -0.4 is 16.0 Å². The summed E-state index contributed by atoms with van der Waals surface area (Å²) in [7, 11) is 0. The van der Waals surface area contributed by atoms with Crippen LogP contribution in [0.2, 0.25) is 0 Å². The van der Waals surface area contributed by atoms with Crippen molar-refractivity contribution in [1.29, 1.82) is 0 Å². The fourth-order valence-corrected chi connectivity index (χ4v) is 2.84. The number of benzene rings is 1. The number of hydrogen-bond acceptors (Lipinski definition) is 4. The highest BCUT2D eigenvalue weighted by Gasteiger charge is 2.07. The fourth-order valence-electron chi connectivity index (χ4n) is 2.84. The number of aromatic hydroxyl groups is 1. The maximum atomic E-state index is 12.1. The zero-order chi connectivity index (χ0) is 20.8. The summed E-state index contributed by atoms with van der Waals surface area (Å²) < 4.78 is 0. The van der Waals surface area contributed by atoms with Crippen LogP contribution in [0.1, 0.15) is 50.9 Å². The summed E-state index contributed by atoms with van der Waals surface area (Å²) in [6, 6.07) is 6.53. The van der Waals surface area contributed by atoms with Crippen molar-refractivity contribution >= 4 is 11.9 Å². The van der Waals surface area contributed by atoms with E-state index in [4.69, 9.17) is 0 Å². The number of guanidine groups is 1. The third-order valence-corrected chi connectivity index (χ3v) is 4.53. The van der Waals surface area contributed by atoms with Gasteiger partial charge in [0.15, 0.2) is 5.96 Å². The van der Waals surface area contributed by atoms with Gasteiger partial charge in [0.25, 0.3) is 5.91 Å². The lowest BCUT2D eigenvalue weighted by Gasteiger charge is -2.21. The Morgan fingerprint density at radius 1 is 1.14 bits per heavy atom. The van der Waals surface area contributed by atoms with E-state index in [0.717, 1.165) is 45.0 Å². The molecule has 0 bridgehead atoms. The molecule has 0 fully saturated rings. The number of hydrogen-bond donors (Lipinski definition) is 4. The van der Waals surface area contributed by atoms with Crippen LogP contribution in [-0.4, -0.2) is 67.2 Å². The van der Waals surface area contributed by atoms with Gasteiger partial charge in [0, 0.05) is 24.7 Å². The molecule has 0 aliphatic heterocycles. The molecule has 0 saturated carbocycles. The molecule has 0 aliphatic carbocycles. The zero-order valence-corrected chi connectivity index (χ0v) is 17.8. The zero-order valence-electron chi connectivity index (χ0n) is 17.8. The lowest BCUT2D eigenvalue weighted by molar-refractivity contribution is 0.0955. The van der Waals surface area contributed by atoms with E-state index >= 15 is 0 Å². The Balaban J connectivity index is 2.37. The predicted molar refractivity (Wildman–Crippen MR) is 116 cm³/mol. The minimum absolute atomic E-state index is 0.147. The second-order valence-electron chi connectivity index (χ2n) is 6.78. The number of carbonyl (C=O) groups is 1. The van der Waals surface area contributed by atoms with Gasteiger partial charge in [0.2, 0.25) is 0 Å². The van der Waals surface area contributed by atoms with Gasteiger partial charge in [-0.2, -0.15) is 0 Å². The van der Waals surface area contributed by atoms with Gasteiger partial charge in [-0.3, -0.25) is 9.79 Å². The summed E-state index contributed by atoms with van der Waals surface area (Å²) in [5.41, 5.74) is 0.522. The largest absolute Gasteiger partial charge is 0.508 e. The van der Waals surface area contributed by atoms with E-state index in [1.807, 2.05) is 6.92 Å². The molecule has 0 radical (unpaired) electrons. The average molecular weight is 392 g/mol. The third kappa shape index (κ3) is 9.60. The molecule has 1 aromatic carbocycles. The molecule has 1 atom stereocenters. The molecule has 7 nitrogen and oxygen atoms in total. The lowest BCUT2D eigenvalue weighted by Crippen LogP contribution is -2.43. The Morgan fingerprint density at radius 3 is 2.43 bits per heavy atom. The number of rotatable bonds is 12. The predicted octanol–water partition coefficient (Wildman–Crippen LogP) is 2.19. The molecule has 28 heavy (non-hydrogen) atoms. The molecule has 1 amide bonds. The van der Waals surface area contributed by atoms with Crippen molar-refractivity contribution in [3.8, 4) is 5.75 Å². The second-order valence-corrected chi connectivity index (χ2v) is 6.78. The number of carbonyl (C=O) groups excluding carboxylic acids is 1. The smallest absolute Gasteiger partial charge is 0.251 e. The van der Waals surface area contributed by atoms with Crippen LogP contribution in [0.15, 0.2) is 29.3 Å². The van der Waals surface area contributed by atoms with E-state index in [1.165, 1.54) is 12.1 Å². The van der Waals surface area contributed by atoms with Gasteiger partial charge < -0.3 is 26.0 Å². The lowest BCUT2D eigenvalue weighted by atomic mass is 10.2. The van der Waals surface area contributed by atoms with Gasteiger partial charge in [0.1, 0.15) is 5.75 Å². The van der Waals surface area contributed by atoms with Crippen LogP contribution in [0.4, 0.5) is 0 Å². The topological polar surface area (TPSA) is 89.0 Å². The third-order valence-electron chi connectivity index (χ3n) is 4.53. The highest BCUT2D eigenvalue weighted by molar-refractivity contribution is 5.94. The monoisotopic (exact) mass is 391 g/mol. The first kappa shape index (κ1) is 23.8. The molecular formula is C21H37N5O2. The van der Waals surface area contributed by atoms with Crippen molar-refractivity contribution in [3.05, 3.63) is 29.8 Å². The van der Waals surface area contributed by atoms with E-state index in [0.29, 0.717) is 24.7 Å². The van der Waals surface area contributed by atoms with Crippen molar-refractivity contribution in [2.45, 2.75) is 46.6 Å². The second kappa shape index (κ2) is 13.8. The quantitative estimate of drug-likeness (QED) is 0.249. The van der Waals surface area contributed by atoms with Crippen LogP contribution in [0, 0.1) is 0 Å². The molecule has 158 valence electrons. The summed E-state index contributed by atoms with van der Waals surface area (Å²) in [5.74, 6) is 0.753. The van der Waals surface area contributed by atoms with Crippen molar-refractivity contribution in [2.75, 3.05) is 39.3 Å². The van der Waals surface area contributed by atoms with Crippen molar-refractivity contribution in [2.24, 2.45) is 4.99 Å². The van der Waals surface area contributed by atoms with Gasteiger partial charge in [0.05, 0.1) is 6.54 Å². The molecular weight excluding hydrogens is 354 g/mol. The van der Waals surface area contributed by atoms with Crippen molar-refractivity contribution in [1.82, 2.24) is 20.9 Å². The summed E-state index contributed by atoms with van der Waals surface area (Å²) in [6.45, 7) is 13.6. The van der Waals surface area contributed by atoms with Crippen molar-refractivity contribution in [3.63, 3.8) is 0 Å². The molecule has 7 heteroatoms. The highest BCUT2D eigenvalue weighted by Crippen LogP contribution is 2.09. The van der Waals surface area contributed by atoms with Gasteiger partial charge in [-0.05, 0) is 70.6 Å². The molecule has 1 unspecified atom stereocenters. The Bertz CT molecular complexity index is 585. The molecule has 1 rings (SSSR count). The summed E-state index contributed by atoms with van der Waals surface area (Å²) in [4.78, 5) is 19.0. The summed E-state index contributed by atoms with van der Waals surface area (Å²) >= 11 is 0. The van der Waals surface area contributed by atoms with Crippen molar-refractivity contribution < 1.29 is 9.90 Å². The fraction of sp³-hybridized carbons (Fsp3) is 0.619. The molecule has 1 aromatic rings. The van der Waals surface area contributed by atoms with Crippen LogP contribution in [0.5, 0.6) is 5.75 Å². The summed E-state index contributed by atoms with van der Waals surface area (Å²) in [5, 5.41) is 18.8. The Kier molecular flexibility index (Phi) is 11.7. The van der Waals surface area contributed by atoms with Gasteiger partial charge in [-0.25, -0.2) is 0 Å². The van der Waals surface area contributed by atoms with E-state index in [1.54, 1.807) is 12.1 Å². The van der Waals surface area contributed by atoms with Crippen LogP contribution in [0.25, 0.3) is 0 Å². The Morgan fingerprint density at radius 2 is 1.82 bits per heavy atom. The molecule has 0 aromatic heterocycles. The number of aliphatic imine (C=N–C) groups is 1. The number of nitrogens with zero attached hydrogens (tertiary/aromatic N) is 2. The highest BCUT2D eigenvalue weighted by atomic mass is 16.3. The van der Waals surface area contributed by atoms with E-state index in [2.05, 4.69) is 46.6 Å². The Hall–Kier alpha value is -2.28. The molecule has 0 aliphatic rings. The molecule has 0 spiro atoms. The van der Waals surface area contributed by atoms with Gasteiger partial charge in [-0.15, -0.1) is 0 Å². The van der Waals surface area contributed by atoms with Crippen LogP contribution in [0.3, 0.4) is 0 Å². The molecule has 0 heterocycles. The van der Waals surface area contributed by atoms with Gasteiger partial charge >= 0.3 is 0 Å². The Labute approximate surface area is 169 Å². The maximum absolute atomic E-state index is 12.1. The minimum atomic E-state index is -0.169. The number of phenols is 1. The standard InChI is InChI=1S/C21H37N5O2/c1-5-22-21(25-17(4)9-8-16-26(6-2)7-3)24-15-14-23-20(28)18-10-12-19(27)13-11-18/h10-13,17,27H,5-9,14-16H2,1-4H3,(H,23,28)(H2,22,24,25). The number of phenolic OH excluding ortho intramolecular Hbond substituents is 1. The number of nitrogens with one attached hydrogen (secondary N) is 3. The first-order valence-electron chi connectivity index (χ1n) is 10.3.